The number of piperazine rings is 1. The first-order valence-corrected chi connectivity index (χ1v) is 9.55. The minimum Gasteiger partial charge on any atom is -0.478 e. The van der Waals surface area contributed by atoms with Gasteiger partial charge in [-0.2, -0.15) is 0 Å². The highest BCUT2D eigenvalue weighted by Gasteiger charge is 2.18. The van der Waals surface area contributed by atoms with E-state index in [4.69, 9.17) is 5.11 Å². The number of anilines is 1. The Kier molecular flexibility index (Phi) is 6.74. The number of nitrogens with zero attached hydrogens (tertiary/aromatic N) is 3. The van der Waals surface area contributed by atoms with Gasteiger partial charge in [-0.15, -0.1) is 0 Å². The number of hydrogen-bond donors (Lipinski definition) is 2. The number of aliphatic hydroxyl groups excluding tert-OH is 1. The molecule has 1 aromatic heterocycles. The van der Waals surface area contributed by atoms with Gasteiger partial charge < -0.3 is 20.0 Å². The molecule has 0 saturated carbocycles. The molecule has 2 aromatic rings. The lowest BCUT2D eigenvalue weighted by Crippen LogP contribution is -2.44. The van der Waals surface area contributed by atoms with Crippen molar-refractivity contribution in [3.8, 4) is 0 Å². The first kappa shape index (κ1) is 20.7. The van der Waals surface area contributed by atoms with Crippen LogP contribution in [0.1, 0.15) is 34.3 Å². The third kappa shape index (κ3) is 5.73. The minimum absolute atomic E-state index is 0.0903. The fraction of sp³-hybridized carbons (Fsp3) is 0.318. The van der Waals surface area contributed by atoms with E-state index in [0.717, 1.165) is 37.9 Å². The highest BCUT2D eigenvalue weighted by Crippen LogP contribution is 2.21. The van der Waals surface area contributed by atoms with Gasteiger partial charge in [0.25, 0.3) is 0 Å². The van der Waals surface area contributed by atoms with Gasteiger partial charge >= 0.3 is 5.97 Å². The molecule has 29 heavy (non-hydrogen) atoms. The van der Waals surface area contributed by atoms with Gasteiger partial charge in [-0.05, 0) is 49.5 Å². The third-order valence-electron chi connectivity index (χ3n) is 4.97. The van der Waals surface area contributed by atoms with Crippen LogP contribution in [0.15, 0.2) is 48.5 Å². The van der Waals surface area contributed by atoms with Crippen LogP contribution in [0.4, 0.5) is 5.69 Å². The molecule has 1 aromatic carbocycles. The summed E-state index contributed by atoms with van der Waals surface area (Å²) in [5.41, 5.74) is 2.38. The smallest absolute Gasteiger partial charge is 0.328 e. The maximum absolute atomic E-state index is 12.6. The van der Waals surface area contributed by atoms with Gasteiger partial charge in [0, 0.05) is 49.9 Å². The highest BCUT2D eigenvalue weighted by molar-refractivity contribution is 5.96. The summed E-state index contributed by atoms with van der Waals surface area (Å²) < 4.78 is 0. The summed E-state index contributed by atoms with van der Waals surface area (Å²) in [5.74, 6) is -1.25. The van der Waals surface area contributed by atoms with Crippen LogP contribution in [-0.2, 0) is 4.79 Å². The molecule has 7 nitrogen and oxygen atoms in total. The molecule has 7 heteroatoms. The van der Waals surface area contributed by atoms with Crippen molar-refractivity contribution in [3.05, 3.63) is 65.5 Å². The Morgan fingerprint density at radius 1 is 1.10 bits per heavy atom. The third-order valence-corrected chi connectivity index (χ3v) is 4.97. The summed E-state index contributed by atoms with van der Waals surface area (Å²) in [6.07, 6.45) is 1.17. The number of carbonyl (C=O) groups excluding carboxylic acids is 1. The van der Waals surface area contributed by atoms with E-state index < -0.39 is 12.1 Å². The molecule has 0 bridgehead atoms. The van der Waals surface area contributed by atoms with Crippen molar-refractivity contribution in [2.75, 3.05) is 38.1 Å². The topological polar surface area (TPSA) is 94.0 Å². The van der Waals surface area contributed by atoms with Crippen LogP contribution in [-0.4, -0.2) is 65.1 Å². The molecule has 3 rings (SSSR count). The zero-order chi connectivity index (χ0) is 20.8. The molecule has 1 aliphatic rings. The Labute approximate surface area is 169 Å². The van der Waals surface area contributed by atoms with Crippen molar-refractivity contribution in [2.24, 2.45) is 0 Å². The summed E-state index contributed by atoms with van der Waals surface area (Å²) in [6, 6.07) is 12.4. The number of hydrogen-bond acceptors (Lipinski definition) is 6. The molecule has 0 radical (unpaired) electrons. The molecular formula is C22H25N3O4. The number of carboxylic acid groups (broad SMARTS) is 1. The molecule has 0 amide bonds. The highest BCUT2D eigenvalue weighted by atomic mass is 16.4. The largest absolute Gasteiger partial charge is 0.478 e. The van der Waals surface area contributed by atoms with Crippen molar-refractivity contribution < 1.29 is 19.8 Å². The second-order valence-electron chi connectivity index (χ2n) is 7.14. The second-order valence-corrected chi connectivity index (χ2v) is 7.14. The number of rotatable bonds is 7. The van der Waals surface area contributed by atoms with E-state index in [9.17, 15) is 14.7 Å². The van der Waals surface area contributed by atoms with Gasteiger partial charge in [-0.25, -0.2) is 4.79 Å². The molecule has 1 aliphatic heterocycles. The fourth-order valence-electron chi connectivity index (χ4n) is 3.22. The summed E-state index contributed by atoms with van der Waals surface area (Å²) >= 11 is 0. The van der Waals surface area contributed by atoms with Crippen LogP contribution in [0.2, 0.25) is 0 Å². The number of Topliss-reactive ketones (excluding diaryl/α,β-unsaturated/α-hetero) is 1. The maximum Gasteiger partial charge on any atom is 0.328 e. The van der Waals surface area contributed by atoms with Crippen molar-refractivity contribution in [1.82, 2.24) is 9.88 Å². The molecule has 0 aliphatic carbocycles. The number of aromatic nitrogens is 1. The number of benzene rings is 1. The average molecular weight is 395 g/mol. The normalized spacial score (nSPS) is 16.1. The summed E-state index contributed by atoms with van der Waals surface area (Å²) in [6.45, 7) is 3.95. The molecule has 1 atom stereocenters. The van der Waals surface area contributed by atoms with Gasteiger partial charge in [-0.1, -0.05) is 6.07 Å². The second kappa shape index (κ2) is 9.45. The average Bonchev–Trinajstić information content (AvgIpc) is 2.73. The Morgan fingerprint density at radius 3 is 2.45 bits per heavy atom. The molecule has 152 valence electrons. The first-order chi connectivity index (χ1) is 13.9. The molecular weight excluding hydrogens is 370 g/mol. The zero-order valence-corrected chi connectivity index (χ0v) is 16.4. The summed E-state index contributed by atoms with van der Waals surface area (Å²) in [4.78, 5) is 32.0. The molecule has 1 fully saturated rings. The standard InChI is InChI=1S/C22H25N3O4/c1-24-11-13-25(14-12-24)18-8-5-16(6-9-18)20(26)15-21(27)19-4-2-3-17(23-19)7-10-22(28)29/h2-10,21,27H,11-15H2,1H3,(H,28,29)/b10-7+. The molecule has 2 N–H and O–H groups in total. The predicted molar refractivity (Wildman–Crippen MR) is 111 cm³/mol. The van der Waals surface area contributed by atoms with E-state index in [-0.39, 0.29) is 12.2 Å². The summed E-state index contributed by atoms with van der Waals surface area (Å²) in [7, 11) is 2.11. The van der Waals surface area contributed by atoms with Crippen molar-refractivity contribution in [1.29, 1.82) is 0 Å². The van der Waals surface area contributed by atoms with Crippen LogP contribution in [0.25, 0.3) is 6.08 Å². The number of aliphatic hydroxyl groups is 1. The minimum atomic E-state index is -1.08. The lowest BCUT2D eigenvalue weighted by atomic mass is 10.0. The van der Waals surface area contributed by atoms with Gasteiger partial charge in [0.05, 0.1) is 11.4 Å². The quantitative estimate of drug-likeness (QED) is 0.548. The number of likely N-dealkylation sites (N-methyl/N-ethyl adjacent to an activating group) is 1. The SMILES string of the molecule is CN1CCN(c2ccc(C(=O)CC(O)c3cccc(/C=C/C(=O)O)n3)cc2)CC1. The van der Waals surface area contributed by atoms with E-state index >= 15 is 0 Å². The van der Waals surface area contributed by atoms with E-state index in [1.807, 2.05) is 12.1 Å². The maximum atomic E-state index is 12.6. The zero-order valence-electron chi connectivity index (χ0n) is 16.4. The van der Waals surface area contributed by atoms with Gasteiger partial charge in [0.15, 0.2) is 5.78 Å². The Balaban J connectivity index is 1.62. The number of carboxylic acids is 1. The van der Waals surface area contributed by atoms with Crippen LogP contribution >= 0.6 is 0 Å². The van der Waals surface area contributed by atoms with Gasteiger partial charge in [0.1, 0.15) is 6.10 Å². The molecule has 0 spiro atoms. The Morgan fingerprint density at radius 2 is 1.79 bits per heavy atom. The monoisotopic (exact) mass is 395 g/mol. The van der Waals surface area contributed by atoms with E-state index in [1.54, 1.807) is 30.3 Å². The van der Waals surface area contributed by atoms with Crippen LogP contribution < -0.4 is 4.90 Å². The molecule has 2 heterocycles. The van der Waals surface area contributed by atoms with Gasteiger partial charge in [0.2, 0.25) is 0 Å². The van der Waals surface area contributed by atoms with Crippen molar-refractivity contribution in [2.45, 2.75) is 12.5 Å². The first-order valence-electron chi connectivity index (χ1n) is 9.55. The summed E-state index contributed by atoms with van der Waals surface area (Å²) in [5, 5.41) is 19.1. The van der Waals surface area contributed by atoms with E-state index in [1.165, 1.54) is 6.08 Å². The lowest BCUT2D eigenvalue weighted by Gasteiger charge is -2.34. The van der Waals surface area contributed by atoms with Crippen LogP contribution in [0, 0.1) is 0 Å². The fourth-order valence-corrected chi connectivity index (χ4v) is 3.22. The Hall–Kier alpha value is -3.03. The van der Waals surface area contributed by atoms with Crippen LogP contribution in [0.3, 0.4) is 0 Å². The van der Waals surface area contributed by atoms with Crippen molar-refractivity contribution in [3.63, 3.8) is 0 Å². The Bertz CT molecular complexity index is 887. The number of aliphatic carboxylic acids is 1. The van der Waals surface area contributed by atoms with Gasteiger partial charge in [-0.3, -0.25) is 9.78 Å². The number of carbonyl (C=O) groups is 2. The lowest BCUT2D eigenvalue weighted by molar-refractivity contribution is -0.131. The molecule has 1 saturated heterocycles. The number of ketones is 1. The van der Waals surface area contributed by atoms with E-state index in [2.05, 4.69) is 21.8 Å². The number of pyridine rings is 1. The van der Waals surface area contributed by atoms with Crippen molar-refractivity contribution >= 4 is 23.5 Å². The van der Waals surface area contributed by atoms with Crippen LogP contribution in [0.5, 0.6) is 0 Å². The van der Waals surface area contributed by atoms with E-state index in [0.29, 0.717) is 17.0 Å². The predicted octanol–water partition coefficient (Wildman–Crippen LogP) is 2.24. The molecule has 1 unspecified atom stereocenters.